The molecule has 2 heterocycles. The molecule has 14 heavy (non-hydrogen) atoms. The van der Waals surface area contributed by atoms with E-state index in [0.29, 0.717) is 10.9 Å². The number of thioether (sulfide) groups is 1. The molecule has 0 aliphatic carbocycles. The van der Waals surface area contributed by atoms with Crippen molar-refractivity contribution in [2.75, 3.05) is 5.75 Å². The number of nitriles is 1. The Morgan fingerprint density at radius 2 is 2.50 bits per heavy atom. The Balaban J connectivity index is 2.51. The zero-order chi connectivity index (χ0) is 9.97. The van der Waals surface area contributed by atoms with Gasteiger partial charge in [0.05, 0.1) is 11.8 Å². The van der Waals surface area contributed by atoms with Crippen LogP contribution in [0.1, 0.15) is 5.69 Å². The van der Waals surface area contributed by atoms with E-state index >= 15 is 0 Å². The molecule has 0 aliphatic rings. The fraction of sp³-hybridized carbons (Fsp3) is 0.250. The second-order valence-corrected chi connectivity index (χ2v) is 3.60. The summed E-state index contributed by atoms with van der Waals surface area (Å²) in [6, 6.07) is 3.90. The van der Waals surface area contributed by atoms with Gasteiger partial charge in [-0.3, -0.25) is 0 Å². The second kappa shape index (κ2) is 3.64. The SMILES string of the molecule is Cc1cc2ncnn2c(SCC#N)n1. The first kappa shape index (κ1) is 8.97. The average molecular weight is 205 g/mol. The fourth-order valence-electron chi connectivity index (χ4n) is 1.10. The van der Waals surface area contributed by atoms with Crippen LogP contribution in [-0.2, 0) is 0 Å². The third-order valence-corrected chi connectivity index (χ3v) is 2.43. The van der Waals surface area contributed by atoms with Crippen LogP contribution in [0.2, 0.25) is 0 Å². The number of aromatic nitrogens is 4. The van der Waals surface area contributed by atoms with Crippen LogP contribution in [0.3, 0.4) is 0 Å². The molecule has 0 saturated carbocycles. The van der Waals surface area contributed by atoms with Gasteiger partial charge >= 0.3 is 0 Å². The van der Waals surface area contributed by atoms with E-state index in [-0.39, 0.29) is 0 Å². The molecule has 0 spiro atoms. The summed E-state index contributed by atoms with van der Waals surface area (Å²) < 4.78 is 1.63. The Morgan fingerprint density at radius 3 is 3.29 bits per heavy atom. The first-order chi connectivity index (χ1) is 6.81. The van der Waals surface area contributed by atoms with Crippen molar-refractivity contribution >= 4 is 17.4 Å². The monoisotopic (exact) mass is 205 g/mol. The van der Waals surface area contributed by atoms with Crippen molar-refractivity contribution in [1.82, 2.24) is 19.6 Å². The van der Waals surface area contributed by atoms with Crippen molar-refractivity contribution in [1.29, 1.82) is 5.26 Å². The summed E-state index contributed by atoms with van der Waals surface area (Å²) in [5, 5.41) is 13.2. The van der Waals surface area contributed by atoms with E-state index in [1.54, 1.807) is 4.52 Å². The van der Waals surface area contributed by atoms with Crippen LogP contribution < -0.4 is 0 Å². The molecule has 0 aliphatic heterocycles. The summed E-state index contributed by atoms with van der Waals surface area (Å²) in [5.41, 5.74) is 1.64. The van der Waals surface area contributed by atoms with Gasteiger partial charge in [-0.15, -0.1) is 0 Å². The topological polar surface area (TPSA) is 66.9 Å². The molecule has 2 aromatic rings. The van der Waals surface area contributed by atoms with Crippen molar-refractivity contribution in [3.8, 4) is 6.07 Å². The number of rotatable bonds is 2. The van der Waals surface area contributed by atoms with Gasteiger partial charge in [-0.25, -0.2) is 9.97 Å². The maximum atomic E-state index is 8.48. The number of hydrogen-bond donors (Lipinski definition) is 0. The predicted molar refractivity (Wildman–Crippen MR) is 51.9 cm³/mol. The highest BCUT2D eigenvalue weighted by atomic mass is 32.2. The summed E-state index contributed by atoms with van der Waals surface area (Å²) in [4.78, 5) is 8.35. The van der Waals surface area contributed by atoms with Gasteiger partial charge in [0.1, 0.15) is 6.33 Å². The van der Waals surface area contributed by atoms with Crippen LogP contribution in [0.4, 0.5) is 0 Å². The van der Waals surface area contributed by atoms with Gasteiger partial charge in [0.2, 0.25) is 0 Å². The summed E-state index contributed by atoms with van der Waals surface area (Å²) in [6.45, 7) is 1.89. The van der Waals surface area contributed by atoms with E-state index < -0.39 is 0 Å². The van der Waals surface area contributed by atoms with Gasteiger partial charge in [-0.05, 0) is 6.92 Å². The van der Waals surface area contributed by atoms with Gasteiger partial charge in [0.25, 0.3) is 0 Å². The lowest BCUT2D eigenvalue weighted by Crippen LogP contribution is -1.98. The van der Waals surface area contributed by atoms with Crippen LogP contribution in [-0.4, -0.2) is 25.3 Å². The highest BCUT2D eigenvalue weighted by molar-refractivity contribution is 7.99. The highest BCUT2D eigenvalue weighted by Crippen LogP contribution is 2.15. The lowest BCUT2D eigenvalue weighted by molar-refractivity contribution is 0.783. The van der Waals surface area contributed by atoms with Crippen LogP contribution >= 0.6 is 11.8 Å². The quantitative estimate of drug-likeness (QED) is 0.541. The summed E-state index contributed by atoms with van der Waals surface area (Å²) in [5.74, 6) is 0.366. The third kappa shape index (κ3) is 1.54. The molecule has 0 fully saturated rings. The van der Waals surface area contributed by atoms with Crippen molar-refractivity contribution in [3.63, 3.8) is 0 Å². The number of nitrogens with zero attached hydrogens (tertiary/aromatic N) is 5. The molecule has 0 saturated heterocycles. The van der Waals surface area contributed by atoms with Gasteiger partial charge in [-0.2, -0.15) is 14.9 Å². The molecule has 5 nitrogen and oxygen atoms in total. The van der Waals surface area contributed by atoms with Crippen LogP contribution in [0.5, 0.6) is 0 Å². The van der Waals surface area contributed by atoms with Crippen molar-refractivity contribution in [3.05, 3.63) is 18.1 Å². The standard InChI is InChI=1S/C8H7N5S/c1-6-4-7-10-5-11-13(7)8(12-6)14-3-2-9/h4-5H,3H2,1H3. The zero-order valence-corrected chi connectivity index (χ0v) is 8.32. The molecule has 0 radical (unpaired) electrons. The average Bonchev–Trinajstić information content (AvgIpc) is 2.61. The number of aryl methyl sites for hydroxylation is 1. The minimum absolute atomic E-state index is 0.366. The molecule has 0 N–H and O–H groups in total. The summed E-state index contributed by atoms with van der Waals surface area (Å²) >= 11 is 1.36. The maximum absolute atomic E-state index is 8.48. The minimum atomic E-state index is 0.366. The second-order valence-electron chi connectivity index (χ2n) is 2.66. The maximum Gasteiger partial charge on any atom is 0.192 e. The Kier molecular flexibility index (Phi) is 2.33. The lowest BCUT2D eigenvalue weighted by atomic mass is 10.4. The van der Waals surface area contributed by atoms with Crippen molar-refractivity contribution < 1.29 is 0 Å². The predicted octanol–water partition coefficient (Wildman–Crippen LogP) is 1.05. The van der Waals surface area contributed by atoms with Gasteiger partial charge in [-0.1, -0.05) is 11.8 Å². The van der Waals surface area contributed by atoms with E-state index in [0.717, 1.165) is 11.3 Å². The summed E-state index contributed by atoms with van der Waals surface area (Å²) in [7, 11) is 0. The van der Waals surface area contributed by atoms with Crippen LogP contribution in [0.25, 0.3) is 5.65 Å². The van der Waals surface area contributed by atoms with E-state index in [4.69, 9.17) is 5.26 Å². The van der Waals surface area contributed by atoms with E-state index in [1.165, 1.54) is 18.1 Å². The number of hydrogen-bond acceptors (Lipinski definition) is 5. The molecule has 6 heteroatoms. The van der Waals surface area contributed by atoms with Crippen LogP contribution in [0.15, 0.2) is 17.6 Å². The summed E-state index contributed by atoms with van der Waals surface area (Å²) in [6.07, 6.45) is 1.48. The Morgan fingerprint density at radius 1 is 1.64 bits per heavy atom. The molecule has 70 valence electrons. The molecule has 0 atom stereocenters. The molecular weight excluding hydrogens is 198 g/mol. The fourth-order valence-corrected chi connectivity index (χ4v) is 1.77. The molecule has 0 aromatic carbocycles. The molecule has 0 unspecified atom stereocenters. The molecule has 0 amide bonds. The van der Waals surface area contributed by atoms with Crippen LogP contribution in [0, 0.1) is 18.3 Å². The van der Waals surface area contributed by atoms with Gasteiger partial charge in [0.15, 0.2) is 10.8 Å². The van der Waals surface area contributed by atoms with E-state index in [2.05, 4.69) is 21.1 Å². The Labute approximate surface area is 84.8 Å². The first-order valence-corrected chi connectivity index (χ1v) is 4.97. The molecular formula is C8H7N5S. The van der Waals surface area contributed by atoms with E-state index in [1.807, 2.05) is 13.0 Å². The highest BCUT2D eigenvalue weighted by Gasteiger charge is 2.05. The third-order valence-electron chi connectivity index (χ3n) is 1.63. The smallest absolute Gasteiger partial charge is 0.192 e. The van der Waals surface area contributed by atoms with E-state index in [9.17, 15) is 0 Å². The minimum Gasteiger partial charge on any atom is -0.228 e. The first-order valence-electron chi connectivity index (χ1n) is 3.98. The van der Waals surface area contributed by atoms with Crippen molar-refractivity contribution in [2.24, 2.45) is 0 Å². The van der Waals surface area contributed by atoms with Gasteiger partial charge in [0, 0.05) is 11.8 Å². The number of fused-ring (bicyclic) bond motifs is 1. The zero-order valence-electron chi connectivity index (χ0n) is 7.51. The molecule has 0 bridgehead atoms. The Bertz CT molecular complexity index is 498. The molecule has 2 aromatic heterocycles. The van der Waals surface area contributed by atoms with Gasteiger partial charge < -0.3 is 0 Å². The Hall–Kier alpha value is -1.61. The lowest BCUT2D eigenvalue weighted by Gasteiger charge is -2.00. The van der Waals surface area contributed by atoms with Crippen molar-refractivity contribution in [2.45, 2.75) is 12.1 Å². The molecule has 2 rings (SSSR count). The largest absolute Gasteiger partial charge is 0.228 e. The normalized spacial score (nSPS) is 10.3.